The Hall–Kier alpha value is -7.43. The fourth-order valence-electron chi connectivity index (χ4n) is 8.39. The van der Waals surface area contributed by atoms with Crippen LogP contribution in [0.15, 0.2) is 193 Å². The van der Waals surface area contributed by atoms with Gasteiger partial charge in [-0.2, -0.15) is 0 Å². The largest absolute Gasteiger partial charge is 0.455 e. The summed E-state index contributed by atoms with van der Waals surface area (Å²) in [6.07, 6.45) is 9.99. The highest BCUT2D eigenvalue weighted by Gasteiger charge is 2.23. The summed E-state index contributed by atoms with van der Waals surface area (Å²) in [5.41, 5.74) is 9.29. The lowest BCUT2D eigenvalue weighted by atomic mass is 9.87. The van der Waals surface area contributed by atoms with Gasteiger partial charge in [0.15, 0.2) is 17.5 Å². The van der Waals surface area contributed by atoms with Crippen LogP contribution in [0, 0.1) is 0 Å². The van der Waals surface area contributed by atoms with Crippen LogP contribution in [0.2, 0.25) is 0 Å². The van der Waals surface area contributed by atoms with Crippen molar-refractivity contribution in [3.8, 4) is 34.2 Å². The minimum Gasteiger partial charge on any atom is -0.455 e. The van der Waals surface area contributed by atoms with Crippen molar-refractivity contribution in [1.29, 1.82) is 0 Å². The predicted octanol–water partition coefficient (Wildman–Crippen LogP) is 13.7. The quantitative estimate of drug-likeness (QED) is 0.167. The van der Waals surface area contributed by atoms with E-state index >= 15 is 0 Å². The third-order valence-corrected chi connectivity index (χ3v) is 11.0. The normalized spacial score (nSPS) is 13.1. The molecule has 0 spiro atoms. The van der Waals surface area contributed by atoms with E-state index < -0.39 is 0 Å². The van der Waals surface area contributed by atoms with Crippen molar-refractivity contribution in [2.45, 2.75) is 6.42 Å². The molecule has 11 rings (SSSR count). The maximum Gasteiger partial charge on any atom is 0.165 e. The first-order valence-corrected chi connectivity index (χ1v) is 19.0. The van der Waals surface area contributed by atoms with Gasteiger partial charge in [-0.3, -0.25) is 0 Å². The zero-order valence-corrected chi connectivity index (χ0v) is 30.4. The van der Waals surface area contributed by atoms with Crippen LogP contribution < -0.4 is 0 Å². The van der Waals surface area contributed by atoms with Crippen molar-refractivity contribution in [2.75, 3.05) is 0 Å². The fraction of sp³-hybridized carbons (Fsp3) is 0.0192. The molecule has 8 aromatic carbocycles. The van der Waals surface area contributed by atoms with Crippen molar-refractivity contribution < 1.29 is 4.42 Å². The molecule has 0 saturated heterocycles. The van der Waals surface area contributed by atoms with E-state index in [1.165, 1.54) is 21.9 Å². The van der Waals surface area contributed by atoms with E-state index in [2.05, 4.69) is 140 Å². The van der Waals surface area contributed by atoms with Crippen molar-refractivity contribution in [1.82, 2.24) is 15.0 Å². The van der Waals surface area contributed by atoms with Gasteiger partial charge in [-0.15, -0.1) is 0 Å². The lowest BCUT2D eigenvalue weighted by molar-refractivity contribution is 0.672. The molecule has 0 fully saturated rings. The Morgan fingerprint density at radius 2 is 0.857 bits per heavy atom. The van der Waals surface area contributed by atoms with E-state index in [0.717, 1.165) is 77.7 Å². The molecule has 1 aliphatic rings. The molecule has 2 heterocycles. The predicted molar refractivity (Wildman–Crippen MR) is 232 cm³/mol. The monoisotopic (exact) mass is 715 g/mol. The number of aromatic nitrogens is 3. The highest BCUT2D eigenvalue weighted by Crippen LogP contribution is 2.44. The van der Waals surface area contributed by atoms with Crippen LogP contribution in [0.5, 0.6) is 0 Å². The number of para-hydroxylation sites is 1. The summed E-state index contributed by atoms with van der Waals surface area (Å²) in [6, 6.07) is 56.9. The van der Waals surface area contributed by atoms with Gasteiger partial charge < -0.3 is 4.42 Å². The zero-order chi connectivity index (χ0) is 37.0. The van der Waals surface area contributed by atoms with Crippen molar-refractivity contribution in [3.63, 3.8) is 0 Å². The average Bonchev–Trinajstić information content (AvgIpc) is 3.48. The van der Waals surface area contributed by atoms with Crippen LogP contribution in [0.4, 0.5) is 0 Å². The van der Waals surface area contributed by atoms with Crippen molar-refractivity contribution in [3.05, 3.63) is 199 Å². The van der Waals surface area contributed by atoms with E-state index in [4.69, 9.17) is 19.4 Å². The number of fused-ring (bicyclic) bond motifs is 8. The summed E-state index contributed by atoms with van der Waals surface area (Å²) in [4.78, 5) is 15.6. The van der Waals surface area contributed by atoms with Gasteiger partial charge in [0.2, 0.25) is 0 Å². The van der Waals surface area contributed by atoms with Gasteiger partial charge in [0, 0.05) is 38.4 Å². The molecule has 4 heteroatoms. The number of hydrogen-bond donors (Lipinski definition) is 0. The number of nitrogens with zero attached hydrogens (tertiary/aromatic N) is 3. The standard InChI is InChI=1S/C52H33N3O/c1-3-16-35(17-4-1)50-53-51(36-18-5-2-6-19-36)55-52(54-50)48-42-27-11-8-23-38(42)37-22-7-10-26-41(37)47(48)34-21-15-20-33(30-31-34)44-32-45-40-25-13-14-29-46(40)56-49(45)43-28-12-9-24-39(43)44/h1-14,16-32H,15H2. The molecular formula is C52H33N3O. The maximum absolute atomic E-state index is 6.45. The molecule has 262 valence electrons. The van der Waals surface area contributed by atoms with Gasteiger partial charge in [-0.05, 0) is 62.2 Å². The van der Waals surface area contributed by atoms with E-state index in [-0.39, 0.29) is 0 Å². The second-order valence-corrected chi connectivity index (χ2v) is 14.2. The molecule has 4 nitrogen and oxygen atoms in total. The number of furan rings is 1. The first-order chi connectivity index (χ1) is 27.8. The minimum atomic E-state index is 0.640. The van der Waals surface area contributed by atoms with Gasteiger partial charge in [-0.25, -0.2) is 15.0 Å². The van der Waals surface area contributed by atoms with Gasteiger partial charge in [0.05, 0.1) is 0 Å². The lowest BCUT2D eigenvalue weighted by Crippen LogP contribution is -2.03. The van der Waals surface area contributed by atoms with E-state index in [0.29, 0.717) is 17.5 Å². The van der Waals surface area contributed by atoms with E-state index in [1.54, 1.807) is 0 Å². The summed E-state index contributed by atoms with van der Waals surface area (Å²) >= 11 is 0. The molecule has 0 N–H and O–H groups in total. The van der Waals surface area contributed by atoms with Crippen molar-refractivity contribution >= 4 is 65.4 Å². The van der Waals surface area contributed by atoms with Crippen LogP contribution in [0.3, 0.4) is 0 Å². The molecule has 0 bridgehead atoms. The van der Waals surface area contributed by atoms with Crippen molar-refractivity contribution in [2.24, 2.45) is 0 Å². The molecule has 0 radical (unpaired) electrons. The third-order valence-electron chi connectivity index (χ3n) is 11.0. The molecule has 2 aromatic heterocycles. The second kappa shape index (κ2) is 13.2. The minimum absolute atomic E-state index is 0.640. The first-order valence-electron chi connectivity index (χ1n) is 19.0. The Kier molecular flexibility index (Phi) is 7.52. The number of benzene rings is 8. The molecular weight excluding hydrogens is 683 g/mol. The van der Waals surface area contributed by atoms with E-state index in [9.17, 15) is 0 Å². The highest BCUT2D eigenvalue weighted by molar-refractivity contribution is 6.20. The van der Waals surface area contributed by atoms with Crippen LogP contribution in [-0.2, 0) is 0 Å². The Morgan fingerprint density at radius 3 is 1.52 bits per heavy atom. The number of allylic oxidation sites excluding steroid dienone is 6. The Labute approximate surface area is 323 Å². The number of rotatable bonds is 5. The summed E-state index contributed by atoms with van der Waals surface area (Å²) < 4.78 is 6.45. The zero-order valence-electron chi connectivity index (χ0n) is 30.4. The summed E-state index contributed by atoms with van der Waals surface area (Å²) in [6.45, 7) is 0. The summed E-state index contributed by atoms with van der Waals surface area (Å²) in [7, 11) is 0. The van der Waals surface area contributed by atoms with Crippen LogP contribution in [-0.4, -0.2) is 15.0 Å². The summed E-state index contributed by atoms with van der Waals surface area (Å²) in [5, 5.41) is 9.14. The highest BCUT2D eigenvalue weighted by atomic mass is 16.3. The van der Waals surface area contributed by atoms with Gasteiger partial charge >= 0.3 is 0 Å². The lowest BCUT2D eigenvalue weighted by Gasteiger charge is -2.19. The molecule has 0 amide bonds. The first kappa shape index (κ1) is 32.0. The topological polar surface area (TPSA) is 51.8 Å². The molecule has 0 atom stereocenters. The van der Waals surface area contributed by atoms with Crippen LogP contribution in [0.25, 0.3) is 99.6 Å². The third kappa shape index (κ3) is 5.26. The SMILES string of the molecule is C1=CC(c2cc3c4ccccc4oc3c3ccccc23)=CCC=C1c1c(-c2nc(-c3ccccc3)nc(-c3ccccc3)n2)c2ccccc2c2ccccc12. The van der Waals surface area contributed by atoms with E-state index in [1.807, 2.05) is 48.5 Å². The molecule has 0 unspecified atom stereocenters. The van der Waals surface area contributed by atoms with Gasteiger partial charge in [-0.1, -0.05) is 176 Å². The smallest absolute Gasteiger partial charge is 0.165 e. The van der Waals surface area contributed by atoms with Gasteiger partial charge in [0.25, 0.3) is 0 Å². The van der Waals surface area contributed by atoms with Crippen LogP contribution in [0.1, 0.15) is 17.5 Å². The second-order valence-electron chi connectivity index (χ2n) is 14.2. The molecule has 10 aromatic rings. The molecule has 1 aliphatic carbocycles. The number of hydrogen-bond acceptors (Lipinski definition) is 4. The molecule has 0 saturated carbocycles. The molecule has 56 heavy (non-hydrogen) atoms. The maximum atomic E-state index is 6.45. The Balaban J connectivity index is 1.14. The Morgan fingerprint density at radius 1 is 0.375 bits per heavy atom. The van der Waals surface area contributed by atoms with Crippen LogP contribution >= 0.6 is 0 Å². The molecule has 0 aliphatic heterocycles. The van der Waals surface area contributed by atoms with Gasteiger partial charge in [0.1, 0.15) is 11.2 Å². The average molecular weight is 716 g/mol. The summed E-state index contributed by atoms with van der Waals surface area (Å²) in [5.74, 6) is 1.92. The Bertz CT molecular complexity index is 3210. The fourth-order valence-corrected chi connectivity index (χ4v) is 8.39.